The minimum atomic E-state index is -0.401. The van der Waals surface area contributed by atoms with Crippen LogP contribution in [0.25, 0.3) is 12.2 Å². The van der Waals surface area contributed by atoms with Gasteiger partial charge in [-0.25, -0.2) is 4.98 Å². The first-order valence-electron chi connectivity index (χ1n) is 6.14. The second kappa shape index (κ2) is 5.95. The van der Waals surface area contributed by atoms with Crippen LogP contribution in [0.15, 0.2) is 36.7 Å². The summed E-state index contributed by atoms with van der Waals surface area (Å²) in [5, 5.41) is 10.5. The molecule has 0 atom stereocenters. The zero-order valence-corrected chi connectivity index (χ0v) is 10.7. The summed E-state index contributed by atoms with van der Waals surface area (Å²) in [7, 11) is 0. The Bertz CT molecular complexity index is 585. The molecule has 0 amide bonds. The number of benzene rings is 1. The lowest BCUT2D eigenvalue weighted by molar-refractivity contribution is -0.384. The van der Waals surface area contributed by atoms with Crippen LogP contribution < -0.4 is 0 Å². The molecule has 5 nitrogen and oxygen atoms in total. The molecule has 0 saturated heterocycles. The second-order valence-electron chi connectivity index (χ2n) is 4.16. The Morgan fingerprint density at radius 2 is 2.05 bits per heavy atom. The third-order valence-electron chi connectivity index (χ3n) is 2.74. The maximum atomic E-state index is 10.5. The van der Waals surface area contributed by atoms with Gasteiger partial charge < -0.3 is 4.57 Å². The predicted molar refractivity (Wildman–Crippen MR) is 74.5 cm³/mol. The molecule has 0 saturated carbocycles. The van der Waals surface area contributed by atoms with Crippen LogP contribution in [0.5, 0.6) is 0 Å². The summed E-state index contributed by atoms with van der Waals surface area (Å²) in [6.07, 6.45) is 8.58. The molecule has 0 N–H and O–H groups in total. The molecule has 2 aromatic rings. The van der Waals surface area contributed by atoms with Gasteiger partial charge in [0.05, 0.1) is 4.92 Å². The van der Waals surface area contributed by atoms with Gasteiger partial charge in [0.25, 0.3) is 5.69 Å². The molecular formula is C14H15N3O2. The van der Waals surface area contributed by atoms with E-state index in [2.05, 4.69) is 16.5 Å². The molecule has 2 rings (SSSR count). The molecule has 1 heterocycles. The maximum Gasteiger partial charge on any atom is 0.269 e. The van der Waals surface area contributed by atoms with Crippen molar-refractivity contribution in [2.45, 2.75) is 19.9 Å². The fourth-order valence-electron chi connectivity index (χ4n) is 1.79. The van der Waals surface area contributed by atoms with Crippen LogP contribution in [0.4, 0.5) is 5.69 Å². The van der Waals surface area contributed by atoms with Gasteiger partial charge in [0.2, 0.25) is 0 Å². The standard InChI is InChI=1S/C14H15N3O2/c1-2-10-16-11-9-15-14(16)8-5-12-3-6-13(7-4-12)17(18)19/h3-9,11H,2,10H2,1H3/b8-5+. The normalized spacial score (nSPS) is 11.0. The molecule has 5 heteroatoms. The summed E-state index contributed by atoms with van der Waals surface area (Å²) in [5.41, 5.74) is 1.02. The first-order chi connectivity index (χ1) is 9.20. The summed E-state index contributed by atoms with van der Waals surface area (Å²) in [4.78, 5) is 14.4. The fourth-order valence-corrected chi connectivity index (χ4v) is 1.79. The van der Waals surface area contributed by atoms with Crippen molar-refractivity contribution in [2.75, 3.05) is 0 Å². The van der Waals surface area contributed by atoms with Gasteiger partial charge in [-0.1, -0.05) is 13.0 Å². The number of hydrogen-bond donors (Lipinski definition) is 0. The topological polar surface area (TPSA) is 61.0 Å². The molecule has 1 aromatic heterocycles. The molecule has 1 aromatic carbocycles. The van der Waals surface area contributed by atoms with Gasteiger partial charge in [0.1, 0.15) is 5.82 Å². The quantitative estimate of drug-likeness (QED) is 0.609. The Hall–Kier alpha value is -2.43. The van der Waals surface area contributed by atoms with Crippen LogP contribution >= 0.6 is 0 Å². The highest BCUT2D eigenvalue weighted by Gasteiger charge is 2.02. The van der Waals surface area contributed by atoms with Crippen LogP contribution in [0.2, 0.25) is 0 Å². The second-order valence-corrected chi connectivity index (χ2v) is 4.16. The van der Waals surface area contributed by atoms with E-state index in [1.54, 1.807) is 18.3 Å². The summed E-state index contributed by atoms with van der Waals surface area (Å²) in [6, 6.07) is 6.44. The number of nitro benzene ring substituents is 1. The van der Waals surface area contributed by atoms with Gasteiger partial charge >= 0.3 is 0 Å². The lowest BCUT2D eigenvalue weighted by atomic mass is 10.2. The van der Waals surface area contributed by atoms with Gasteiger partial charge in [0, 0.05) is 31.1 Å². The molecule has 0 radical (unpaired) electrons. The first-order valence-corrected chi connectivity index (χ1v) is 6.14. The fraction of sp³-hybridized carbons (Fsp3) is 0.214. The number of aromatic nitrogens is 2. The smallest absolute Gasteiger partial charge is 0.269 e. The highest BCUT2D eigenvalue weighted by atomic mass is 16.6. The van der Waals surface area contributed by atoms with Crippen LogP contribution in [0, 0.1) is 10.1 Å². The zero-order valence-electron chi connectivity index (χ0n) is 10.7. The molecule has 98 valence electrons. The van der Waals surface area contributed by atoms with Crippen molar-refractivity contribution in [3.8, 4) is 0 Å². The van der Waals surface area contributed by atoms with Crippen molar-refractivity contribution in [1.29, 1.82) is 0 Å². The van der Waals surface area contributed by atoms with Crippen molar-refractivity contribution < 1.29 is 4.92 Å². The van der Waals surface area contributed by atoms with Crippen molar-refractivity contribution in [3.63, 3.8) is 0 Å². The van der Waals surface area contributed by atoms with Crippen LogP contribution in [-0.4, -0.2) is 14.5 Å². The largest absolute Gasteiger partial charge is 0.332 e. The Morgan fingerprint density at radius 3 is 2.68 bits per heavy atom. The number of rotatable bonds is 5. The van der Waals surface area contributed by atoms with Crippen molar-refractivity contribution in [2.24, 2.45) is 0 Å². The molecule has 0 bridgehead atoms. The van der Waals surface area contributed by atoms with E-state index in [4.69, 9.17) is 0 Å². The number of non-ortho nitro benzene ring substituents is 1. The monoisotopic (exact) mass is 257 g/mol. The number of hydrogen-bond acceptors (Lipinski definition) is 3. The van der Waals surface area contributed by atoms with E-state index >= 15 is 0 Å². The van der Waals surface area contributed by atoms with Crippen molar-refractivity contribution in [3.05, 3.63) is 58.2 Å². The van der Waals surface area contributed by atoms with Crippen molar-refractivity contribution in [1.82, 2.24) is 9.55 Å². The molecule has 19 heavy (non-hydrogen) atoms. The molecular weight excluding hydrogens is 242 g/mol. The SMILES string of the molecule is CCCn1ccnc1/C=C/c1ccc([N+](=O)[O-])cc1. The van der Waals surface area contributed by atoms with E-state index in [-0.39, 0.29) is 5.69 Å². The summed E-state index contributed by atoms with van der Waals surface area (Å²) < 4.78 is 2.07. The number of aryl methyl sites for hydroxylation is 1. The van der Waals surface area contributed by atoms with Crippen LogP contribution in [0.1, 0.15) is 24.7 Å². The van der Waals surface area contributed by atoms with E-state index in [0.717, 1.165) is 24.4 Å². The third kappa shape index (κ3) is 3.28. The number of nitro groups is 1. The third-order valence-corrected chi connectivity index (χ3v) is 2.74. The lowest BCUT2D eigenvalue weighted by Crippen LogP contribution is -1.97. The van der Waals surface area contributed by atoms with Crippen LogP contribution in [0.3, 0.4) is 0 Å². The average molecular weight is 257 g/mol. The Kier molecular flexibility index (Phi) is 4.07. The zero-order chi connectivity index (χ0) is 13.7. The van der Waals surface area contributed by atoms with Gasteiger partial charge in [0.15, 0.2) is 0 Å². The molecule has 0 aliphatic carbocycles. The van der Waals surface area contributed by atoms with E-state index in [1.165, 1.54) is 12.1 Å². The van der Waals surface area contributed by atoms with Gasteiger partial charge in [-0.2, -0.15) is 0 Å². The number of nitrogens with zero attached hydrogens (tertiary/aromatic N) is 3. The highest BCUT2D eigenvalue weighted by Crippen LogP contribution is 2.14. The van der Waals surface area contributed by atoms with E-state index in [9.17, 15) is 10.1 Å². The molecule has 0 aliphatic rings. The van der Waals surface area contributed by atoms with E-state index in [1.807, 2.05) is 18.3 Å². The summed E-state index contributed by atoms with van der Waals surface area (Å²) in [5.74, 6) is 0.889. The minimum absolute atomic E-state index is 0.102. The maximum absolute atomic E-state index is 10.5. The Labute approximate surface area is 111 Å². The summed E-state index contributed by atoms with van der Waals surface area (Å²) in [6.45, 7) is 3.05. The highest BCUT2D eigenvalue weighted by molar-refractivity contribution is 5.67. The molecule has 0 fully saturated rings. The Balaban J connectivity index is 2.13. The lowest BCUT2D eigenvalue weighted by Gasteiger charge is -2.01. The first kappa shape index (κ1) is 13.0. The molecule has 0 unspecified atom stereocenters. The summed E-state index contributed by atoms with van der Waals surface area (Å²) >= 11 is 0. The Morgan fingerprint density at radius 1 is 1.32 bits per heavy atom. The van der Waals surface area contributed by atoms with Crippen LogP contribution in [-0.2, 0) is 6.54 Å². The van der Waals surface area contributed by atoms with E-state index in [0.29, 0.717) is 0 Å². The molecule has 0 spiro atoms. The van der Waals surface area contributed by atoms with Crippen molar-refractivity contribution >= 4 is 17.8 Å². The van der Waals surface area contributed by atoms with Gasteiger partial charge in [-0.15, -0.1) is 0 Å². The predicted octanol–water partition coefficient (Wildman–Crippen LogP) is 3.37. The van der Waals surface area contributed by atoms with E-state index < -0.39 is 4.92 Å². The number of imidazole rings is 1. The van der Waals surface area contributed by atoms with Gasteiger partial charge in [-0.05, 0) is 30.2 Å². The van der Waals surface area contributed by atoms with Gasteiger partial charge in [-0.3, -0.25) is 10.1 Å². The molecule has 0 aliphatic heterocycles. The minimum Gasteiger partial charge on any atom is -0.332 e. The average Bonchev–Trinajstić information content (AvgIpc) is 2.85.